The largest absolute Gasteiger partial charge is 0.340 e. The van der Waals surface area contributed by atoms with E-state index in [0.29, 0.717) is 46.0 Å². The van der Waals surface area contributed by atoms with Crippen molar-refractivity contribution in [2.24, 2.45) is 10.8 Å². The Morgan fingerprint density at radius 1 is 0.603 bits per heavy atom. The third-order valence-corrected chi connectivity index (χ3v) is 10.9. The molecular weight excluding hydrogens is 743 g/mol. The summed E-state index contributed by atoms with van der Waals surface area (Å²) in [5.74, 6) is -2.86. The second-order valence-corrected chi connectivity index (χ2v) is 16.5. The molecule has 3 saturated heterocycles. The van der Waals surface area contributed by atoms with Gasteiger partial charge in [0.15, 0.2) is 23.1 Å². The molecule has 3 fully saturated rings. The van der Waals surface area contributed by atoms with Crippen LogP contribution in [0.15, 0.2) is 71.8 Å². The Bertz CT molecular complexity index is 2040. The molecular formula is C44H53N5O9. The zero-order valence-corrected chi connectivity index (χ0v) is 34.2. The summed E-state index contributed by atoms with van der Waals surface area (Å²) in [6, 6.07) is 13.4. The number of nitrogens with one attached hydrogen (secondary N) is 1. The first-order valence-corrected chi connectivity index (χ1v) is 19.6. The Morgan fingerprint density at radius 2 is 1.02 bits per heavy atom. The number of ketones is 4. The SMILES string of the molecule is CC(C)(CC(=O)ON1C(=O)CCC1=O)C1=CC(=O)c2ccccc2C1=O.CN1CCN(C(=O)CC(C)(C)C2=CC(=O)c3ccccc3C2=O)CC1.CN1CCNCC1. The van der Waals surface area contributed by atoms with Gasteiger partial charge >= 0.3 is 5.97 Å². The molecule has 58 heavy (non-hydrogen) atoms. The standard InChI is InChI=1S/C20H24N2O3.C19H17NO6.C5H12N2/c1-20(2,13-18(24)22-10-8-21(3)9-11-22)16-12-17(23)14-6-4-5-7-15(14)19(16)25;1-19(2,10-17(24)26-20-15(22)7-8-16(20)23)13-9-14(21)11-5-3-4-6-12(11)18(13)25;1-7-4-2-6-3-5-7/h4-7,12H,8-11,13H2,1-3H3;3-6,9H,7-8,10H2,1-2H3;6H,2-5H2,1H3. The fourth-order valence-electron chi connectivity index (χ4n) is 7.30. The van der Waals surface area contributed by atoms with Crippen LogP contribution < -0.4 is 5.32 Å². The molecule has 1 N–H and O–H groups in total. The minimum atomic E-state index is -1.01. The minimum Gasteiger partial charge on any atom is -0.340 e. The van der Waals surface area contributed by atoms with Crippen molar-refractivity contribution in [3.63, 3.8) is 0 Å². The second-order valence-electron chi connectivity index (χ2n) is 16.5. The number of likely N-dealkylation sites (N-methyl/N-ethyl adjacent to an activating group) is 2. The molecule has 0 spiro atoms. The number of rotatable bonds is 7. The number of carbonyl (C=O) groups excluding carboxylic acids is 8. The second kappa shape index (κ2) is 18.4. The third kappa shape index (κ3) is 10.3. The van der Waals surface area contributed by atoms with Crippen molar-refractivity contribution in [1.82, 2.24) is 25.1 Å². The van der Waals surface area contributed by atoms with Gasteiger partial charge < -0.3 is 24.9 Å². The number of hydrogen-bond acceptors (Lipinski definition) is 12. The van der Waals surface area contributed by atoms with Gasteiger partial charge in [-0.15, -0.1) is 5.06 Å². The smallest absolute Gasteiger partial charge is 0.334 e. The summed E-state index contributed by atoms with van der Waals surface area (Å²) >= 11 is 0. The maximum Gasteiger partial charge on any atom is 0.334 e. The quantitative estimate of drug-likeness (QED) is 0.404. The Kier molecular flexibility index (Phi) is 13.9. The van der Waals surface area contributed by atoms with Crippen molar-refractivity contribution in [3.8, 4) is 0 Å². The molecule has 308 valence electrons. The summed E-state index contributed by atoms with van der Waals surface area (Å²) in [6.07, 6.45) is 2.63. The van der Waals surface area contributed by atoms with Gasteiger partial charge in [-0.3, -0.25) is 33.6 Å². The molecule has 2 aliphatic carbocycles. The minimum absolute atomic E-state index is 0.00440. The van der Waals surface area contributed by atoms with Crippen molar-refractivity contribution in [2.75, 3.05) is 66.5 Å². The molecule has 2 aromatic rings. The van der Waals surface area contributed by atoms with E-state index in [1.807, 2.05) is 25.8 Å². The van der Waals surface area contributed by atoms with Crippen LogP contribution in [0, 0.1) is 10.8 Å². The van der Waals surface area contributed by atoms with Crippen molar-refractivity contribution >= 4 is 46.8 Å². The van der Waals surface area contributed by atoms with Crippen molar-refractivity contribution in [3.05, 3.63) is 94.1 Å². The molecule has 14 heteroatoms. The fraction of sp³-hybridized carbons (Fsp3) is 0.455. The Morgan fingerprint density at radius 3 is 1.45 bits per heavy atom. The van der Waals surface area contributed by atoms with Gasteiger partial charge in [0.25, 0.3) is 11.8 Å². The van der Waals surface area contributed by atoms with Gasteiger partial charge in [0.1, 0.15) is 0 Å². The van der Waals surface area contributed by atoms with E-state index in [1.165, 1.54) is 25.2 Å². The van der Waals surface area contributed by atoms with Gasteiger partial charge in [-0.25, -0.2) is 4.79 Å². The van der Waals surface area contributed by atoms with Crippen LogP contribution in [0.5, 0.6) is 0 Å². The number of Topliss-reactive ketones (excluding diaryl/α,β-unsaturated/α-hetero) is 2. The summed E-state index contributed by atoms with van der Waals surface area (Å²) in [5.41, 5.74) is 0.428. The van der Waals surface area contributed by atoms with Crippen LogP contribution in [0.2, 0.25) is 0 Å². The average molecular weight is 796 g/mol. The number of hydroxylamine groups is 2. The highest BCUT2D eigenvalue weighted by Crippen LogP contribution is 2.38. The number of nitrogens with zero attached hydrogens (tertiary/aromatic N) is 4. The van der Waals surface area contributed by atoms with E-state index in [4.69, 9.17) is 4.84 Å². The van der Waals surface area contributed by atoms with E-state index in [1.54, 1.807) is 62.4 Å². The maximum absolute atomic E-state index is 12.9. The predicted molar refractivity (Wildman–Crippen MR) is 215 cm³/mol. The molecule has 0 unspecified atom stereocenters. The van der Waals surface area contributed by atoms with Crippen LogP contribution in [0.4, 0.5) is 0 Å². The Labute approximate surface area is 339 Å². The molecule has 7 rings (SSSR count). The maximum atomic E-state index is 12.9. The molecule has 14 nitrogen and oxygen atoms in total. The van der Waals surface area contributed by atoms with Gasteiger partial charge in [-0.1, -0.05) is 76.2 Å². The lowest BCUT2D eigenvalue weighted by Gasteiger charge is -2.35. The van der Waals surface area contributed by atoms with Crippen LogP contribution in [-0.4, -0.2) is 133 Å². The molecule has 5 aliphatic rings. The number of hydrogen-bond donors (Lipinski definition) is 1. The lowest BCUT2D eigenvalue weighted by molar-refractivity contribution is -0.198. The summed E-state index contributed by atoms with van der Waals surface area (Å²) < 4.78 is 0. The molecule has 0 bridgehead atoms. The first-order chi connectivity index (χ1) is 27.4. The highest BCUT2D eigenvalue weighted by atomic mass is 16.7. The first kappa shape index (κ1) is 43.7. The number of piperazine rings is 2. The highest BCUT2D eigenvalue weighted by Gasteiger charge is 2.40. The topological polar surface area (TPSA) is 171 Å². The van der Waals surface area contributed by atoms with Crippen LogP contribution in [0.3, 0.4) is 0 Å². The number of amides is 3. The Hall–Kier alpha value is -5.44. The van der Waals surface area contributed by atoms with Crippen molar-refractivity contribution in [1.29, 1.82) is 0 Å². The van der Waals surface area contributed by atoms with E-state index in [0.717, 1.165) is 26.2 Å². The monoisotopic (exact) mass is 795 g/mol. The third-order valence-electron chi connectivity index (χ3n) is 10.9. The van der Waals surface area contributed by atoms with E-state index in [-0.39, 0.29) is 60.3 Å². The summed E-state index contributed by atoms with van der Waals surface area (Å²) in [5, 5.41) is 3.74. The van der Waals surface area contributed by atoms with Gasteiger partial charge in [0.05, 0.1) is 6.42 Å². The van der Waals surface area contributed by atoms with Gasteiger partial charge in [-0.05, 0) is 26.2 Å². The zero-order chi connectivity index (χ0) is 42.4. The molecule has 0 saturated carbocycles. The summed E-state index contributed by atoms with van der Waals surface area (Å²) in [4.78, 5) is 109. The first-order valence-electron chi connectivity index (χ1n) is 19.6. The van der Waals surface area contributed by atoms with Crippen molar-refractivity contribution < 1.29 is 43.2 Å². The number of fused-ring (bicyclic) bond motifs is 2. The van der Waals surface area contributed by atoms with Gasteiger partial charge in [-0.2, -0.15) is 0 Å². The van der Waals surface area contributed by atoms with Crippen LogP contribution >= 0.6 is 0 Å². The zero-order valence-electron chi connectivity index (χ0n) is 34.2. The van der Waals surface area contributed by atoms with Gasteiger partial charge in [0, 0.05) is 116 Å². The molecule has 3 aliphatic heterocycles. The number of benzene rings is 2. The van der Waals surface area contributed by atoms with E-state index < -0.39 is 28.6 Å². The molecule has 3 amide bonds. The normalized spacial score (nSPS) is 18.9. The Balaban J connectivity index is 0.000000189. The molecule has 2 aromatic carbocycles. The van der Waals surface area contributed by atoms with E-state index >= 15 is 0 Å². The number of allylic oxidation sites excluding steroid dienone is 4. The van der Waals surface area contributed by atoms with E-state index in [9.17, 15) is 38.4 Å². The highest BCUT2D eigenvalue weighted by molar-refractivity contribution is 6.26. The molecule has 0 atom stereocenters. The molecule has 3 heterocycles. The summed E-state index contributed by atoms with van der Waals surface area (Å²) in [7, 11) is 4.20. The summed E-state index contributed by atoms with van der Waals surface area (Å²) in [6.45, 7) is 14.9. The number of carbonyl (C=O) groups is 8. The fourth-order valence-corrected chi connectivity index (χ4v) is 7.30. The van der Waals surface area contributed by atoms with Crippen LogP contribution in [-0.2, 0) is 24.0 Å². The average Bonchev–Trinajstić information content (AvgIpc) is 3.50. The van der Waals surface area contributed by atoms with Gasteiger partial charge in [0.2, 0.25) is 5.91 Å². The van der Waals surface area contributed by atoms with Crippen LogP contribution in [0.1, 0.15) is 94.8 Å². The molecule has 0 radical (unpaired) electrons. The molecule has 0 aromatic heterocycles. The lowest BCUT2D eigenvalue weighted by atomic mass is 9.73. The number of imide groups is 1. The lowest BCUT2D eigenvalue weighted by Crippen LogP contribution is -2.48. The van der Waals surface area contributed by atoms with Crippen LogP contribution in [0.25, 0.3) is 0 Å². The predicted octanol–water partition coefficient (Wildman–Crippen LogP) is 3.72. The van der Waals surface area contributed by atoms with E-state index in [2.05, 4.69) is 22.2 Å². The van der Waals surface area contributed by atoms with Crippen molar-refractivity contribution in [2.45, 2.75) is 53.4 Å².